The second kappa shape index (κ2) is 9.47. The van der Waals surface area contributed by atoms with E-state index in [0.717, 1.165) is 28.7 Å². The number of ether oxygens (including phenoxy) is 2. The molecule has 0 saturated heterocycles. The number of rotatable bonds is 9. The summed E-state index contributed by atoms with van der Waals surface area (Å²) in [5.41, 5.74) is 2.11. The summed E-state index contributed by atoms with van der Waals surface area (Å²) in [4.78, 5) is 11.0. The summed E-state index contributed by atoms with van der Waals surface area (Å²) in [5, 5.41) is 20.5. The van der Waals surface area contributed by atoms with Crippen LogP contribution in [0.4, 0.5) is 0 Å². The number of carboxylic acid groups (broad SMARTS) is 1. The van der Waals surface area contributed by atoms with Crippen molar-refractivity contribution in [3.8, 4) is 11.5 Å². The molecule has 0 saturated carbocycles. The Kier molecular flexibility index (Phi) is 6.77. The van der Waals surface area contributed by atoms with Crippen LogP contribution in [0.15, 0.2) is 47.6 Å². The Morgan fingerprint density at radius 2 is 1.86 bits per heavy atom. The van der Waals surface area contributed by atoms with Crippen LogP contribution < -0.4 is 14.6 Å². The molecule has 0 fully saturated rings. The van der Waals surface area contributed by atoms with Crippen molar-refractivity contribution in [2.75, 3.05) is 14.2 Å². The smallest absolute Gasteiger partial charge is 0.191 e. The maximum absolute atomic E-state index is 11.0. The molecule has 0 radical (unpaired) electrons. The first kappa shape index (κ1) is 20.7. The van der Waals surface area contributed by atoms with Crippen molar-refractivity contribution in [1.82, 2.24) is 14.8 Å². The number of aromatic carboxylic acids is 1. The van der Waals surface area contributed by atoms with Crippen molar-refractivity contribution < 1.29 is 19.4 Å². The number of aromatic nitrogens is 3. The summed E-state index contributed by atoms with van der Waals surface area (Å²) in [6.07, 6.45) is 0.613. The zero-order valence-corrected chi connectivity index (χ0v) is 17.4. The minimum absolute atomic E-state index is 0.175. The average molecular weight is 412 g/mol. The monoisotopic (exact) mass is 412 g/mol. The average Bonchev–Trinajstić information content (AvgIpc) is 3.13. The van der Waals surface area contributed by atoms with Gasteiger partial charge in [0.2, 0.25) is 0 Å². The largest absolute Gasteiger partial charge is 0.545 e. The Balaban J connectivity index is 1.75. The predicted octanol–water partition coefficient (Wildman–Crippen LogP) is 2.56. The molecule has 1 aromatic heterocycles. The van der Waals surface area contributed by atoms with Gasteiger partial charge in [0.1, 0.15) is 5.82 Å². The quantitative estimate of drug-likeness (QED) is 0.499. The first-order valence-corrected chi connectivity index (χ1v) is 10.1. The van der Waals surface area contributed by atoms with Gasteiger partial charge in [0.25, 0.3) is 0 Å². The Labute approximate surface area is 173 Å². The first-order chi connectivity index (χ1) is 14.0. The van der Waals surface area contributed by atoms with Crippen LogP contribution >= 0.6 is 11.8 Å². The number of hydrogen-bond donors (Lipinski definition) is 0. The van der Waals surface area contributed by atoms with Crippen LogP contribution in [-0.2, 0) is 18.7 Å². The van der Waals surface area contributed by atoms with Crippen molar-refractivity contribution in [3.63, 3.8) is 0 Å². The van der Waals surface area contributed by atoms with Gasteiger partial charge in [0, 0.05) is 18.7 Å². The molecule has 8 heteroatoms. The standard InChI is InChI=1S/C21H23N3O4S/c1-4-24-19(12-14-8-9-17(27-2)18(11-14)28-3)22-23-21(24)29-13-15-6-5-7-16(10-15)20(25)26/h5-11H,4,12-13H2,1-3H3,(H,25,26)/p-1. The summed E-state index contributed by atoms with van der Waals surface area (Å²) < 4.78 is 12.7. The van der Waals surface area contributed by atoms with Crippen LogP contribution in [0, 0.1) is 0 Å². The maximum Gasteiger partial charge on any atom is 0.191 e. The third-order valence-corrected chi connectivity index (χ3v) is 5.49. The van der Waals surface area contributed by atoms with Gasteiger partial charge in [-0.2, -0.15) is 0 Å². The molecule has 0 aliphatic rings. The highest BCUT2D eigenvalue weighted by Crippen LogP contribution is 2.29. The van der Waals surface area contributed by atoms with E-state index in [1.165, 1.54) is 17.8 Å². The minimum Gasteiger partial charge on any atom is -0.545 e. The molecule has 0 N–H and O–H groups in total. The van der Waals surface area contributed by atoms with Gasteiger partial charge in [0.05, 0.1) is 20.2 Å². The number of carbonyl (C=O) groups excluding carboxylic acids is 1. The van der Waals surface area contributed by atoms with E-state index in [1.54, 1.807) is 26.4 Å². The lowest BCUT2D eigenvalue weighted by molar-refractivity contribution is -0.255. The fourth-order valence-corrected chi connectivity index (χ4v) is 3.95. The third-order valence-electron chi connectivity index (χ3n) is 4.45. The van der Waals surface area contributed by atoms with Crippen LogP contribution in [0.2, 0.25) is 0 Å². The predicted molar refractivity (Wildman–Crippen MR) is 108 cm³/mol. The number of nitrogens with zero attached hydrogens (tertiary/aromatic N) is 3. The molecular formula is C21H22N3O4S-. The highest BCUT2D eigenvalue weighted by atomic mass is 32.2. The highest BCUT2D eigenvalue weighted by Gasteiger charge is 2.14. The SMILES string of the molecule is CCn1c(Cc2ccc(OC)c(OC)c2)nnc1SCc1cccc(C(=O)[O-])c1. The van der Waals surface area contributed by atoms with Crippen molar-refractivity contribution in [3.05, 3.63) is 65.0 Å². The lowest BCUT2D eigenvalue weighted by Gasteiger charge is -2.11. The maximum atomic E-state index is 11.0. The molecule has 0 spiro atoms. The van der Waals surface area contributed by atoms with E-state index in [0.29, 0.717) is 23.7 Å². The van der Waals surface area contributed by atoms with Crippen LogP contribution in [0.5, 0.6) is 11.5 Å². The van der Waals surface area contributed by atoms with Gasteiger partial charge < -0.3 is 23.9 Å². The Hall–Kier alpha value is -3.00. The highest BCUT2D eigenvalue weighted by molar-refractivity contribution is 7.98. The van der Waals surface area contributed by atoms with Gasteiger partial charge >= 0.3 is 0 Å². The summed E-state index contributed by atoms with van der Waals surface area (Å²) in [7, 11) is 3.22. The van der Waals surface area contributed by atoms with Gasteiger partial charge in [-0.05, 0) is 41.8 Å². The van der Waals surface area contributed by atoms with Crippen LogP contribution in [0.3, 0.4) is 0 Å². The second-order valence-electron chi connectivity index (χ2n) is 6.29. The van der Waals surface area contributed by atoms with Crippen LogP contribution in [0.25, 0.3) is 0 Å². The van der Waals surface area contributed by atoms with Crippen molar-refractivity contribution >= 4 is 17.7 Å². The third kappa shape index (κ3) is 4.89. The molecule has 0 atom stereocenters. The second-order valence-corrected chi connectivity index (χ2v) is 7.23. The number of thioether (sulfide) groups is 1. The molecule has 3 rings (SSSR count). The lowest BCUT2D eigenvalue weighted by Crippen LogP contribution is -2.22. The Morgan fingerprint density at radius 1 is 1.07 bits per heavy atom. The summed E-state index contributed by atoms with van der Waals surface area (Å²) in [6.45, 7) is 2.78. The molecule has 3 aromatic rings. The number of carboxylic acids is 1. The van der Waals surface area contributed by atoms with Crippen molar-refractivity contribution in [1.29, 1.82) is 0 Å². The molecule has 0 aliphatic carbocycles. The van der Waals surface area contributed by atoms with Gasteiger partial charge in [-0.15, -0.1) is 10.2 Å². The van der Waals surface area contributed by atoms with Crippen molar-refractivity contribution in [2.24, 2.45) is 0 Å². The summed E-state index contributed by atoms with van der Waals surface area (Å²) in [5.74, 6) is 1.63. The normalized spacial score (nSPS) is 10.7. The van der Waals surface area contributed by atoms with Crippen LogP contribution in [0.1, 0.15) is 34.2 Å². The molecule has 7 nitrogen and oxygen atoms in total. The fourth-order valence-electron chi connectivity index (χ4n) is 2.98. The number of hydrogen-bond acceptors (Lipinski definition) is 7. The number of methoxy groups -OCH3 is 2. The van der Waals surface area contributed by atoms with E-state index < -0.39 is 5.97 Å². The summed E-state index contributed by atoms with van der Waals surface area (Å²) >= 11 is 1.52. The van der Waals surface area contributed by atoms with E-state index >= 15 is 0 Å². The molecule has 29 heavy (non-hydrogen) atoms. The van der Waals surface area contributed by atoms with Gasteiger partial charge in [-0.3, -0.25) is 0 Å². The van der Waals surface area contributed by atoms with E-state index in [1.807, 2.05) is 31.2 Å². The molecule has 152 valence electrons. The fraction of sp³-hybridized carbons (Fsp3) is 0.286. The number of benzene rings is 2. The van der Waals surface area contributed by atoms with Gasteiger partial charge in [-0.1, -0.05) is 36.0 Å². The number of carbonyl (C=O) groups is 1. The van der Waals surface area contributed by atoms with E-state index in [-0.39, 0.29) is 5.56 Å². The molecule has 0 amide bonds. The van der Waals surface area contributed by atoms with E-state index in [2.05, 4.69) is 14.8 Å². The molecule has 2 aromatic carbocycles. The molecule has 1 heterocycles. The molecular weight excluding hydrogens is 390 g/mol. The van der Waals surface area contributed by atoms with Gasteiger partial charge in [-0.25, -0.2) is 0 Å². The van der Waals surface area contributed by atoms with E-state index in [9.17, 15) is 9.90 Å². The minimum atomic E-state index is -1.18. The summed E-state index contributed by atoms with van der Waals surface area (Å²) in [6, 6.07) is 12.5. The molecule has 0 unspecified atom stereocenters. The van der Waals surface area contributed by atoms with Crippen molar-refractivity contribution in [2.45, 2.75) is 30.8 Å². The lowest BCUT2D eigenvalue weighted by atomic mass is 10.1. The van der Waals surface area contributed by atoms with Crippen LogP contribution in [-0.4, -0.2) is 35.0 Å². The molecule has 0 bridgehead atoms. The Bertz CT molecular complexity index is 1000. The first-order valence-electron chi connectivity index (χ1n) is 9.11. The van der Waals surface area contributed by atoms with Gasteiger partial charge in [0.15, 0.2) is 16.7 Å². The zero-order chi connectivity index (χ0) is 20.8. The molecule has 0 aliphatic heterocycles. The zero-order valence-electron chi connectivity index (χ0n) is 16.5. The Morgan fingerprint density at radius 3 is 2.55 bits per heavy atom. The topological polar surface area (TPSA) is 89.3 Å². The van der Waals surface area contributed by atoms with E-state index in [4.69, 9.17) is 9.47 Å².